The van der Waals surface area contributed by atoms with Crippen LogP contribution in [0.1, 0.15) is 18.4 Å². The molecule has 4 aromatic rings. The zero-order chi connectivity index (χ0) is 25.4. The lowest BCUT2D eigenvalue weighted by Gasteiger charge is -2.17. The number of halogens is 2. The van der Waals surface area contributed by atoms with Gasteiger partial charge in [0.05, 0.1) is 6.20 Å². The lowest BCUT2D eigenvalue weighted by Crippen LogP contribution is -2.32. The highest BCUT2D eigenvalue weighted by Gasteiger charge is 2.52. The number of aromatic nitrogens is 2. The van der Waals surface area contributed by atoms with Crippen LogP contribution in [0.2, 0.25) is 0 Å². The van der Waals surface area contributed by atoms with Gasteiger partial charge in [0.2, 0.25) is 11.9 Å². The number of nitrogens with zero attached hydrogens (tertiary/aromatic N) is 3. The van der Waals surface area contributed by atoms with Crippen molar-refractivity contribution in [3.8, 4) is 11.5 Å². The Morgan fingerprint density at radius 1 is 1.00 bits per heavy atom. The van der Waals surface area contributed by atoms with E-state index in [1.54, 1.807) is 4.90 Å². The first-order valence-electron chi connectivity index (χ1n) is 11.9. The Bertz CT molecular complexity index is 1460. The number of benzene rings is 3. The lowest BCUT2D eigenvalue weighted by atomic mass is 9.98. The van der Waals surface area contributed by atoms with Gasteiger partial charge in [-0.15, -0.1) is 11.6 Å². The van der Waals surface area contributed by atoms with Crippen molar-refractivity contribution in [2.45, 2.75) is 18.3 Å². The normalized spacial score (nSPS) is 14.8. The molecule has 2 N–H and O–H groups in total. The number of hydrogen-bond acceptors (Lipinski definition) is 6. The van der Waals surface area contributed by atoms with Gasteiger partial charge in [-0.2, -0.15) is 4.98 Å². The monoisotopic (exact) mass is 515 g/mol. The third-order valence-electron chi connectivity index (χ3n) is 6.69. The Balaban J connectivity index is 1.18. The number of nitrogens with one attached hydrogen (secondary N) is 2. The average Bonchev–Trinajstić information content (AvgIpc) is 3.63. The summed E-state index contributed by atoms with van der Waals surface area (Å²) in [5.74, 6) is 0.879. The maximum atomic E-state index is 14.6. The molecular formula is C28H23ClFN5O2. The molecule has 1 aliphatic heterocycles. The predicted octanol–water partition coefficient (Wildman–Crippen LogP) is 6.51. The second-order valence-electron chi connectivity index (χ2n) is 9.21. The molecule has 0 atom stereocenters. The Morgan fingerprint density at radius 2 is 1.73 bits per heavy atom. The first kappa shape index (κ1) is 23.2. The molecule has 6 rings (SSSR count). The van der Waals surface area contributed by atoms with Gasteiger partial charge in [0.15, 0.2) is 11.6 Å². The Kier molecular flexibility index (Phi) is 5.88. The van der Waals surface area contributed by atoms with E-state index in [0.717, 1.165) is 41.7 Å². The van der Waals surface area contributed by atoms with Gasteiger partial charge in [0.25, 0.3) is 0 Å². The summed E-state index contributed by atoms with van der Waals surface area (Å²) in [6, 6.07) is 22.5. The van der Waals surface area contributed by atoms with Crippen LogP contribution in [0.5, 0.6) is 11.5 Å². The molecule has 186 valence electrons. The van der Waals surface area contributed by atoms with Crippen LogP contribution in [-0.4, -0.2) is 28.3 Å². The van der Waals surface area contributed by atoms with E-state index in [9.17, 15) is 9.18 Å². The largest absolute Gasteiger partial charge is 0.457 e. The van der Waals surface area contributed by atoms with E-state index < -0.39 is 5.82 Å². The predicted molar refractivity (Wildman–Crippen MR) is 142 cm³/mol. The van der Waals surface area contributed by atoms with Crippen molar-refractivity contribution in [2.24, 2.45) is 0 Å². The average molecular weight is 516 g/mol. The smallest absolute Gasteiger partial charge is 0.241 e. The van der Waals surface area contributed by atoms with Gasteiger partial charge in [0, 0.05) is 29.0 Å². The number of alkyl halides is 1. The highest BCUT2D eigenvalue weighted by Crippen LogP contribution is 2.57. The number of ether oxygens (including phenoxy) is 1. The molecule has 0 unspecified atom stereocenters. The number of rotatable bonds is 7. The number of amides is 1. The Hall–Kier alpha value is -4.17. The second kappa shape index (κ2) is 9.37. The van der Waals surface area contributed by atoms with Crippen LogP contribution < -0.4 is 20.3 Å². The van der Waals surface area contributed by atoms with Crippen molar-refractivity contribution in [3.63, 3.8) is 0 Å². The molecule has 3 aromatic carbocycles. The zero-order valence-corrected chi connectivity index (χ0v) is 20.5. The maximum absolute atomic E-state index is 14.6. The quantitative estimate of drug-likeness (QED) is 0.273. The fourth-order valence-electron chi connectivity index (χ4n) is 4.64. The zero-order valence-electron chi connectivity index (χ0n) is 19.7. The van der Waals surface area contributed by atoms with E-state index in [1.807, 2.05) is 72.8 Å². The van der Waals surface area contributed by atoms with Gasteiger partial charge < -0.3 is 20.3 Å². The van der Waals surface area contributed by atoms with Gasteiger partial charge in [0.1, 0.15) is 17.4 Å². The summed E-state index contributed by atoms with van der Waals surface area (Å²) >= 11 is 5.84. The van der Waals surface area contributed by atoms with Crippen molar-refractivity contribution in [3.05, 3.63) is 90.4 Å². The van der Waals surface area contributed by atoms with Gasteiger partial charge >= 0.3 is 0 Å². The first-order valence-corrected chi connectivity index (χ1v) is 12.5. The number of para-hydroxylation sites is 1. The number of carbonyl (C=O) groups is 1. The summed E-state index contributed by atoms with van der Waals surface area (Å²) in [5, 5.41) is 6.12. The van der Waals surface area contributed by atoms with Crippen molar-refractivity contribution in [1.82, 2.24) is 9.97 Å². The molecule has 2 aliphatic rings. The minimum absolute atomic E-state index is 0.0239. The summed E-state index contributed by atoms with van der Waals surface area (Å²) in [7, 11) is 0. The molecule has 1 aromatic heterocycles. The highest BCUT2D eigenvalue weighted by molar-refractivity contribution is 6.29. The molecule has 37 heavy (non-hydrogen) atoms. The highest BCUT2D eigenvalue weighted by atomic mass is 35.5. The number of carbonyl (C=O) groups excluding carboxylic acids is 1. The van der Waals surface area contributed by atoms with E-state index in [4.69, 9.17) is 16.3 Å². The summed E-state index contributed by atoms with van der Waals surface area (Å²) in [6.07, 6.45) is 3.21. The molecule has 1 saturated carbocycles. The molecule has 0 radical (unpaired) electrons. The SMILES string of the molecule is O=C(CCl)N1CC2(CC2)c2ccc(Nc3nc(Nc4ccc(Oc5ccccc5)cc4)ncc3F)cc21. The summed E-state index contributed by atoms with van der Waals surface area (Å²) in [5.41, 5.74) is 3.34. The van der Waals surface area contributed by atoms with Gasteiger partial charge in [-0.05, 0) is 66.9 Å². The van der Waals surface area contributed by atoms with E-state index in [0.29, 0.717) is 18.0 Å². The standard InChI is InChI=1S/C28H23ClFN5O2/c29-15-25(36)35-17-28(12-13-28)22-11-8-19(14-24(22)35)32-26-23(30)16-31-27(34-26)33-18-6-9-21(10-7-18)37-20-4-2-1-3-5-20/h1-11,14,16H,12-13,15,17H2,(H2,31,32,33,34). The van der Waals surface area contributed by atoms with Crippen molar-refractivity contribution < 1.29 is 13.9 Å². The third-order valence-corrected chi connectivity index (χ3v) is 6.91. The van der Waals surface area contributed by atoms with Crippen LogP contribution in [0.25, 0.3) is 0 Å². The summed E-state index contributed by atoms with van der Waals surface area (Å²) in [4.78, 5) is 22.5. The van der Waals surface area contributed by atoms with Crippen molar-refractivity contribution >= 4 is 46.3 Å². The fraction of sp³-hybridized carbons (Fsp3) is 0.179. The molecule has 0 saturated heterocycles. The third kappa shape index (κ3) is 4.68. The van der Waals surface area contributed by atoms with Crippen LogP contribution in [0, 0.1) is 5.82 Å². The van der Waals surface area contributed by atoms with Gasteiger partial charge in [-0.1, -0.05) is 24.3 Å². The molecule has 1 aliphatic carbocycles. The molecule has 1 amide bonds. The Morgan fingerprint density at radius 3 is 2.46 bits per heavy atom. The molecule has 9 heteroatoms. The van der Waals surface area contributed by atoms with E-state index in [2.05, 4.69) is 20.6 Å². The van der Waals surface area contributed by atoms with Crippen LogP contribution in [0.3, 0.4) is 0 Å². The topological polar surface area (TPSA) is 79.4 Å². The lowest BCUT2D eigenvalue weighted by molar-refractivity contribution is -0.116. The maximum Gasteiger partial charge on any atom is 0.241 e. The van der Waals surface area contributed by atoms with Crippen LogP contribution in [0.4, 0.5) is 33.2 Å². The van der Waals surface area contributed by atoms with E-state index in [-0.39, 0.29) is 29.0 Å². The van der Waals surface area contributed by atoms with Crippen molar-refractivity contribution in [2.75, 3.05) is 28.0 Å². The summed E-state index contributed by atoms with van der Waals surface area (Å²) < 4.78 is 20.4. The second-order valence-corrected chi connectivity index (χ2v) is 9.47. The molecule has 1 fully saturated rings. The Labute approximate surface area is 218 Å². The number of anilines is 5. The van der Waals surface area contributed by atoms with E-state index >= 15 is 0 Å². The van der Waals surface area contributed by atoms with Crippen LogP contribution in [-0.2, 0) is 10.2 Å². The number of fused-ring (bicyclic) bond motifs is 2. The molecular weight excluding hydrogens is 493 g/mol. The van der Waals surface area contributed by atoms with Crippen molar-refractivity contribution in [1.29, 1.82) is 0 Å². The molecule has 7 nitrogen and oxygen atoms in total. The first-order chi connectivity index (χ1) is 18.0. The minimum Gasteiger partial charge on any atom is -0.457 e. The molecule has 0 bridgehead atoms. The fourth-order valence-corrected chi connectivity index (χ4v) is 4.78. The molecule has 2 heterocycles. The van der Waals surface area contributed by atoms with Gasteiger partial charge in [-0.25, -0.2) is 9.37 Å². The van der Waals surface area contributed by atoms with Crippen LogP contribution >= 0.6 is 11.6 Å². The van der Waals surface area contributed by atoms with Crippen LogP contribution in [0.15, 0.2) is 79.0 Å². The van der Waals surface area contributed by atoms with Gasteiger partial charge in [-0.3, -0.25) is 4.79 Å². The minimum atomic E-state index is -0.593. The van der Waals surface area contributed by atoms with E-state index in [1.165, 1.54) is 0 Å². The molecule has 1 spiro atoms. The number of hydrogen-bond donors (Lipinski definition) is 2. The summed E-state index contributed by atoms with van der Waals surface area (Å²) in [6.45, 7) is 0.641.